The van der Waals surface area contributed by atoms with E-state index in [2.05, 4.69) is 4.98 Å². The number of hydrogen-bond donors (Lipinski definition) is 1. The fourth-order valence-corrected chi connectivity index (χ4v) is 1.03. The zero-order valence-electron chi connectivity index (χ0n) is 8.13. The quantitative estimate of drug-likeness (QED) is 0.434. The zero-order chi connectivity index (χ0) is 11.1. The Hall–Kier alpha value is -1.69. The van der Waals surface area contributed by atoms with Gasteiger partial charge in [0.2, 0.25) is 5.75 Å². The molecule has 82 valence electrons. The molecule has 0 aliphatic carbocycles. The number of nitrogens with zero attached hydrogens (tertiary/aromatic N) is 2. The van der Waals surface area contributed by atoms with Gasteiger partial charge in [0.15, 0.2) is 0 Å². The summed E-state index contributed by atoms with van der Waals surface area (Å²) in [6.45, 7) is 0.436. The Bertz CT molecular complexity index is 330. The van der Waals surface area contributed by atoms with Gasteiger partial charge in [-0.1, -0.05) is 0 Å². The van der Waals surface area contributed by atoms with Gasteiger partial charge in [-0.2, -0.15) is 0 Å². The van der Waals surface area contributed by atoms with Crippen molar-refractivity contribution in [2.45, 2.75) is 12.8 Å². The topological polar surface area (TPSA) is 85.5 Å². The van der Waals surface area contributed by atoms with Crippen LogP contribution < -0.4 is 4.74 Å². The summed E-state index contributed by atoms with van der Waals surface area (Å²) in [7, 11) is 0. The van der Waals surface area contributed by atoms with Gasteiger partial charge in [-0.15, -0.1) is 0 Å². The first-order valence-corrected chi connectivity index (χ1v) is 4.58. The molecule has 0 bridgehead atoms. The largest absolute Gasteiger partial charge is 0.486 e. The lowest BCUT2D eigenvalue weighted by molar-refractivity contribution is -0.390. The van der Waals surface area contributed by atoms with Crippen LogP contribution in [0.3, 0.4) is 0 Å². The molecule has 15 heavy (non-hydrogen) atoms. The van der Waals surface area contributed by atoms with E-state index in [-0.39, 0.29) is 18.2 Å². The van der Waals surface area contributed by atoms with Gasteiger partial charge in [0.1, 0.15) is 6.20 Å². The smallest absolute Gasteiger partial charge is 0.406 e. The van der Waals surface area contributed by atoms with Crippen molar-refractivity contribution in [1.29, 1.82) is 0 Å². The molecule has 1 aromatic heterocycles. The van der Waals surface area contributed by atoms with E-state index >= 15 is 0 Å². The SMILES string of the molecule is O=[N+]([O-])c1ncccc1OCCCCO. The van der Waals surface area contributed by atoms with Gasteiger partial charge in [0, 0.05) is 6.61 Å². The van der Waals surface area contributed by atoms with Gasteiger partial charge < -0.3 is 20.0 Å². The third-order valence-electron chi connectivity index (χ3n) is 1.73. The normalized spacial score (nSPS) is 9.93. The van der Waals surface area contributed by atoms with E-state index < -0.39 is 4.92 Å². The number of ether oxygens (including phenoxy) is 1. The van der Waals surface area contributed by atoms with E-state index in [4.69, 9.17) is 9.84 Å². The van der Waals surface area contributed by atoms with Gasteiger partial charge in [-0.05, 0) is 34.9 Å². The molecule has 0 fully saturated rings. The maximum absolute atomic E-state index is 10.5. The predicted octanol–water partition coefficient (Wildman–Crippen LogP) is 1.14. The average Bonchev–Trinajstić information content (AvgIpc) is 2.25. The zero-order valence-corrected chi connectivity index (χ0v) is 8.13. The highest BCUT2D eigenvalue weighted by Crippen LogP contribution is 2.22. The van der Waals surface area contributed by atoms with Crippen LogP contribution in [0.1, 0.15) is 12.8 Å². The Morgan fingerprint density at radius 3 is 3.00 bits per heavy atom. The van der Waals surface area contributed by atoms with Gasteiger partial charge in [0.25, 0.3) is 0 Å². The second-order valence-electron chi connectivity index (χ2n) is 2.86. The summed E-state index contributed by atoms with van der Waals surface area (Å²) in [6, 6.07) is 3.08. The third kappa shape index (κ3) is 3.51. The number of aliphatic hydroxyl groups excluding tert-OH is 1. The Kier molecular flexibility index (Phi) is 4.49. The molecule has 0 aliphatic rings. The molecule has 1 N–H and O–H groups in total. The maximum atomic E-state index is 10.5. The molecule has 0 radical (unpaired) electrons. The fraction of sp³-hybridized carbons (Fsp3) is 0.444. The van der Waals surface area contributed by atoms with Crippen molar-refractivity contribution in [1.82, 2.24) is 4.98 Å². The lowest BCUT2D eigenvalue weighted by Gasteiger charge is -2.04. The van der Waals surface area contributed by atoms with E-state index in [9.17, 15) is 10.1 Å². The summed E-state index contributed by atoms with van der Waals surface area (Å²) in [4.78, 5) is 13.6. The van der Waals surface area contributed by atoms with Crippen molar-refractivity contribution in [3.63, 3.8) is 0 Å². The molecule has 6 heteroatoms. The standard InChI is InChI=1S/C9H12N2O4/c12-6-1-2-7-15-8-4-3-5-10-9(8)11(13)14/h3-5,12H,1-2,6-7H2. The molecular formula is C9H12N2O4. The Balaban J connectivity index is 2.56. The van der Waals surface area contributed by atoms with Crippen LogP contribution in [0.25, 0.3) is 0 Å². The van der Waals surface area contributed by atoms with Crippen molar-refractivity contribution in [2.24, 2.45) is 0 Å². The molecule has 0 spiro atoms. The summed E-state index contributed by atoms with van der Waals surface area (Å²) >= 11 is 0. The molecule has 0 saturated heterocycles. The van der Waals surface area contributed by atoms with Crippen molar-refractivity contribution < 1.29 is 14.8 Å². The fourth-order valence-electron chi connectivity index (χ4n) is 1.03. The van der Waals surface area contributed by atoms with Crippen LogP contribution in [0.2, 0.25) is 0 Å². The van der Waals surface area contributed by atoms with Gasteiger partial charge in [0.05, 0.1) is 6.61 Å². The van der Waals surface area contributed by atoms with Crippen molar-refractivity contribution >= 4 is 5.82 Å². The van der Waals surface area contributed by atoms with E-state index in [1.165, 1.54) is 12.3 Å². The summed E-state index contributed by atoms with van der Waals surface area (Å²) in [5.74, 6) is -0.109. The van der Waals surface area contributed by atoms with Gasteiger partial charge in [-0.3, -0.25) is 0 Å². The van der Waals surface area contributed by atoms with E-state index in [1.807, 2.05) is 0 Å². The molecule has 1 aromatic rings. The summed E-state index contributed by atoms with van der Waals surface area (Å²) in [5.41, 5.74) is 0. The highest BCUT2D eigenvalue weighted by molar-refractivity contribution is 5.38. The molecule has 0 aromatic carbocycles. The predicted molar refractivity (Wildman–Crippen MR) is 52.7 cm³/mol. The third-order valence-corrected chi connectivity index (χ3v) is 1.73. The molecular weight excluding hydrogens is 200 g/mol. The Labute approximate surface area is 86.7 Å². The van der Waals surface area contributed by atoms with E-state index in [0.29, 0.717) is 19.4 Å². The molecule has 0 unspecified atom stereocenters. The molecule has 0 amide bonds. The van der Waals surface area contributed by atoms with Crippen LogP contribution in [0.5, 0.6) is 5.75 Å². The molecule has 0 saturated carbocycles. The Morgan fingerprint density at radius 2 is 2.33 bits per heavy atom. The maximum Gasteiger partial charge on any atom is 0.406 e. The molecule has 6 nitrogen and oxygen atoms in total. The van der Waals surface area contributed by atoms with Gasteiger partial charge in [-0.25, -0.2) is 0 Å². The number of nitro groups is 1. The lowest BCUT2D eigenvalue weighted by atomic mass is 10.3. The number of rotatable bonds is 6. The van der Waals surface area contributed by atoms with Crippen LogP contribution >= 0.6 is 0 Å². The van der Waals surface area contributed by atoms with Crippen molar-refractivity contribution in [3.05, 3.63) is 28.4 Å². The summed E-state index contributed by atoms with van der Waals surface area (Å²) in [6.07, 6.45) is 2.62. The van der Waals surface area contributed by atoms with Crippen LogP contribution in [-0.2, 0) is 0 Å². The molecule has 1 rings (SSSR count). The second-order valence-corrected chi connectivity index (χ2v) is 2.86. The molecule has 1 heterocycles. The molecule has 0 aliphatic heterocycles. The second kappa shape index (κ2) is 5.92. The monoisotopic (exact) mass is 212 g/mol. The average molecular weight is 212 g/mol. The van der Waals surface area contributed by atoms with Gasteiger partial charge >= 0.3 is 5.82 Å². The highest BCUT2D eigenvalue weighted by atomic mass is 16.6. The Morgan fingerprint density at radius 1 is 1.53 bits per heavy atom. The summed E-state index contributed by atoms with van der Waals surface area (Å²) in [5, 5.41) is 19.1. The number of aliphatic hydroxyl groups is 1. The van der Waals surface area contributed by atoms with Crippen LogP contribution in [0, 0.1) is 10.1 Å². The minimum atomic E-state index is -0.582. The first kappa shape index (κ1) is 11.4. The number of unbranched alkanes of at least 4 members (excludes halogenated alkanes) is 1. The number of pyridine rings is 1. The lowest BCUT2D eigenvalue weighted by Crippen LogP contribution is -2.02. The van der Waals surface area contributed by atoms with Crippen LogP contribution in [0.4, 0.5) is 5.82 Å². The minimum absolute atomic E-state index is 0.0957. The number of hydrogen-bond acceptors (Lipinski definition) is 5. The van der Waals surface area contributed by atoms with Crippen molar-refractivity contribution in [2.75, 3.05) is 13.2 Å². The first-order valence-electron chi connectivity index (χ1n) is 4.58. The van der Waals surface area contributed by atoms with Crippen LogP contribution in [0.15, 0.2) is 18.3 Å². The first-order chi connectivity index (χ1) is 7.25. The highest BCUT2D eigenvalue weighted by Gasteiger charge is 2.14. The minimum Gasteiger partial charge on any atom is -0.486 e. The molecule has 0 atom stereocenters. The summed E-state index contributed by atoms with van der Waals surface area (Å²) < 4.78 is 5.19. The number of aromatic nitrogens is 1. The van der Waals surface area contributed by atoms with E-state index in [0.717, 1.165) is 0 Å². The van der Waals surface area contributed by atoms with Crippen molar-refractivity contribution in [3.8, 4) is 5.75 Å². The van der Waals surface area contributed by atoms with Crippen LogP contribution in [-0.4, -0.2) is 28.2 Å². The van der Waals surface area contributed by atoms with E-state index in [1.54, 1.807) is 6.07 Å².